The maximum atomic E-state index is 12.9. The number of ether oxygens (including phenoxy) is 1. The Balaban J connectivity index is 1.56. The second-order valence-electron chi connectivity index (χ2n) is 6.68. The molecular formula is C24H22FNO3. The summed E-state index contributed by atoms with van der Waals surface area (Å²) in [4.78, 5) is 24.3. The largest absolute Gasteiger partial charge is 0.455 e. The molecule has 1 atom stereocenters. The van der Waals surface area contributed by atoms with Gasteiger partial charge in [-0.3, -0.25) is 9.59 Å². The zero-order valence-corrected chi connectivity index (χ0v) is 15.9. The van der Waals surface area contributed by atoms with Crippen LogP contribution in [-0.4, -0.2) is 18.5 Å². The Kier molecular flexibility index (Phi) is 7.11. The third-order valence-electron chi connectivity index (χ3n) is 4.45. The van der Waals surface area contributed by atoms with Crippen LogP contribution in [0.25, 0.3) is 0 Å². The molecule has 0 fully saturated rings. The van der Waals surface area contributed by atoms with Gasteiger partial charge in [0.2, 0.25) is 0 Å². The van der Waals surface area contributed by atoms with Crippen LogP contribution in [-0.2, 0) is 27.2 Å². The maximum absolute atomic E-state index is 12.9. The standard InChI is InChI=1S/C24H22FNO3/c25-21-13-11-19(12-14-21)16-24(28)29-17-23(27)26-22(20-9-5-2-6-10-20)15-18-7-3-1-4-8-18/h1-14,22H,15-17H2,(H,26,27)/t22-/m0/s1. The molecule has 0 aliphatic rings. The first-order chi connectivity index (χ1) is 14.1. The molecule has 29 heavy (non-hydrogen) atoms. The molecule has 1 amide bonds. The molecule has 4 nitrogen and oxygen atoms in total. The summed E-state index contributed by atoms with van der Waals surface area (Å²) < 4.78 is 18.0. The third-order valence-corrected chi connectivity index (χ3v) is 4.45. The van der Waals surface area contributed by atoms with Crippen molar-refractivity contribution in [3.8, 4) is 0 Å². The molecule has 3 aromatic carbocycles. The van der Waals surface area contributed by atoms with E-state index in [0.29, 0.717) is 12.0 Å². The lowest BCUT2D eigenvalue weighted by molar-refractivity contribution is -0.148. The molecule has 0 radical (unpaired) electrons. The summed E-state index contributed by atoms with van der Waals surface area (Å²) in [5, 5.41) is 2.94. The first-order valence-electron chi connectivity index (χ1n) is 9.38. The number of nitrogens with one attached hydrogen (secondary N) is 1. The zero-order chi connectivity index (χ0) is 20.5. The lowest BCUT2D eigenvalue weighted by Gasteiger charge is -2.19. The topological polar surface area (TPSA) is 55.4 Å². The van der Waals surface area contributed by atoms with Gasteiger partial charge < -0.3 is 10.1 Å². The molecule has 148 valence electrons. The highest BCUT2D eigenvalue weighted by atomic mass is 19.1. The highest BCUT2D eigenvalue weighted by molar-refractivity contribution is 5.81. The molecule has 0 heterocycles. The molecule has 1 N–H and O–H groups in total. The number of halogens is 1. The number of carbonyl (C=O) groups is 2. The minimum Gasteiger partial charge on any atom is -0.455 e. The molecule has 3 aromatic rings. The summed E-state index contributed by atoms with van der Waals surface area (Å²) in [6.45, 7) is -0.363. The van der Waals surface area contributed by atoms with Gasteiger partial charge in [0.15, 0.2) is 6.61 Å². The molecule has 0 aromatic heterocycles. The average Bonchev–Trinajstić information content (AvgIpc) is 2.75. The van der Waals surface area contributed by atoms with Gasteiger partial charge in [0.25, 0.3) is 5.91 Å². The first kappa shape index (κ1) is 20.3. The van der Waals surface area contributed by atoms with Crippen LogP contribution < -0.4 is 5.32 Å². The van der Waals surface area contributed by atoms with Gasteiger partial charge in [0.05, 0.1) is 12.5 Å². The summed E-state index contributed by atoms with van der Waals surface area (Å²) in [5.41, 5.74) is 2.69. The number of hydrogen-bond acceptors (Lipinski definition) is 3. The van der Waals surface area contributed by atoms with Crippen LogP contribution in [0.15, 0.2) is 84.9 Å². The third kappa shape index (κ3) is 6.57. The van der Waals surface area contributed by atoms with Gasteiger partial charge in [-0.25, -0.2) is 4.39 Å². The number of esters is 1. The smallest absolute Gasteiger partial charge is 0.310 e. The van der Waals surface area contributed by atoms with Gasteiger partial charge in [0.1, 0.15) is 5.82 Å². The van der Waals surface area contributed by atoms with Crippen LogP contribution >= 0.6 is 0 Å². The summed E-state index contributed by atoms with van der Waals surface area (Å²) >= 11 is 0. The quantitative estimate of drug-likeness (QED) is 0.591. The lowest BCUT2D eigenvalue weighted by atomic mass is 9.99. The van der Waals surface area contributed by atoms with Crippen molar-refractivity contribution in [3.63, 3.8) is 0 Å². The fourth-order valence-corrected chi connectivity index (χ4v) is 2.99. The van der Waals surface area contributed by atoms with Crippen molar-refractivity contribution in [2.24, 2.45) is 0 Å². The first-order valence-corrected chi connectivity index (χ1v) is 9.38. The van der Waals surface area contributed by atoms with Crippen molar-refractivity contribution in [2.75, 3.05) is 6.61 Å². The van der Waals surface area contributed by atoms with Gasteiger partial charge >= 0.3 is 5.97 Å². The van der Waals surface area contributed by atoms with Gasteiger partial charge in [-0.15, -0.1) is 0 Å². The molecule has 0 bridgehead atoms. The SMILES string of the molecule is O=C(COC(=O)Cc1ccc(F)cc1)N[C@@H](Cc1ccccc1)c1ccccc1. The van der Waals surface area contributed by atoms with Crippen LogP contribution in [0.3, 0.4) is 0 Å². The summed E-state index contributed by atoms with van der Waals surface area (Å²) in [5.74, 6) is -1.28. The van der Waals surface area contributed by atoms with E-state index in [9.17, 15) is 14.0 Å². The zero-order valence-electron chi connectivity index (χ0n) is 15.9. The van der Waals surface area contributed by atoms with E-state index < -0.39 is 5.97 Å². The second-order valence-corrected chi connectivity index (χ2v) is 6.68. The molecule has 0 unspecified atom stereocenters. The van der Waals surface area contributed by atoms with Crippen molar-refractivity contribution in [1.29, 1.82) is 0 Å². The van der Waals surface area contributed by atoms with E-state index in [0.717, 1.165) is 11.1 Å². The monoisotopic (exact) mass is 391 g/mol. The summed E-state index contributed by atoms with van der Waals surface area (Å²) in [6, 6.07) is 24.9. The fraction of sp³-hybridized carbons (Fsp3) is 0.167. The summed E-state index contributed by atoms with van der Waals surface area (Å²) in [6.07, 6.45) is 0.611. The number of benzene rings is 3. The van der Waals surface area contributed by atoms with E-state index in [2.05, 4.69) is 5.32 Å². The Bertz CT molecular complexity index is 927. The molecule has 3 rings (SSSR count). The van der Waals surface area contributed by atoms with Gasteiger partial charge in [0, 0.05) is 0 Å². The number of rotatable bonds is 8. The van der Waals surface area contributed by atoms with Crippen molar-refractivity contribution < 1.29 is 18.7 Å². The molecule has 0 aliphatic carbocycles. The summed E-state index contributed by atoms with van der Waals surface area (Å²) in [7, 11) is 0. The Hall–Kier alpha value is -3.47. The molecule has 0 saturated carbocycles. The fourth-order valence-electron chi connectivity index (χ4n) is 2.99. The lowest BCUT2D eigenvalue weighted by Crippen LogP contribution is -2.33. The van der Waals surface area contributed by atoms with E-state index >= 15 is 0 Å². The van der Waals surface area contributed by atoms with Crippen molar-refractivity contribution >= 4 is 11.9 Å². The van der Waals surface area contributed by atoms with Crippen LogP contribution in [0, 0.1) is 5.82 Å². The Morgan fingerprint density at radius 2 is 1.45 bits per heavy atom. The van der Waals surface area contributed by atoms with E-state index in [1.807, 2.05) is 60.7 Å². The molecule has 5 heteroatoms. The van der Waals surface area contributed by atoms with E-state index in [4.69, 9.17) is 4.74 Å². The molecular weight excluding hydrogens is 369 g/mol. The van der Waals surface area contributed by atoms with Gasteiger partial charge in [-0.1, -0.05) is 72.8 Å². The Labute approximate surface area is 169 Å². The predicted octanol–water partition coefficient (Wildman–Crippen LogP) is 4.01. The average molecular weight is 391 g/mol. The highest BCUT2D eigenvalue weighted by Crippen LogP contribution is 2.18. The maximum Gasteiger partial charge on any atom is 0.310 e. The van der Waals surface area contributed by atoms with Gasteiger partial charge in [-0.05, 0) is 35.2 Å². The van der Waals surface area contributed by atoms with Crippen LogP contribution in [0.5, 0.6) is 0 Å². The second kappa shape index (κ2) is 10.2. The predicted molar refractivity (Wildman–Crippen MR) is 109 cm³/mol. The van der Waals surface area contributed by atoms with Gasteiger partial charge in [-0.2, -0.15) is 0 Å². The van der Waals surface area contributed by atoms with Crippen LogP contribution in [0.2, 0.25) is 0 Å². The normalized spacial score (nSPS) is 11.5. The molecule has 0 saturated heterocycles. The van der Waals surface area contributed by atoms with E-state index in [-0.39, 0.29) is 30.8 Å². The number of amides is 1. The van der Waals surface area contributed by atoms with E-state index in [1.165, 1.54) is 24.3 Å². The highest BCUT2D eigenvalue weighted by Gasteiger charge is 2.16. The minimum absolute atomic E-state index is 0.0142. The Morgan fingerprint density at radius 1 is 0.828 bits per heavy atom. The van der Waals surface area contributed by atoms with Crippen molar-refractivity contribution in [3.05, 3.63) is 107 Å². The van der Waals surface area contributed by atoms with Crippen molar-refractivity contribution in [1.82, 2.24) is 5.32 Å². The van der Waals surface area contributed by atoms with Crippen molar-refractivity contribution in [2.45, 2.75) is 18.9 Å². The van der Waals surface area contributed by atoms with Crippen LogP contribution in [0.1, 0.15) is 22.7 Å². The Morgan fingerprint density at radius 3 is 2.10 bits per heavy atom. The number of carbonyl (C=O) groups excluding carboxylic acids is 2. The van der Waals surface area contributed by atoms with E-state index in [1.54, 1.807) is 0 Å². The minimum atomic E-state index is -0.536. The van der Waals surface area contributed by atoms with Crippen LogP contribution in [0.4, 0.5) is 4.39 Å². The number of hydrogen-bond donors (Lipinski definition) is 1. The molecule has 0 aliphatic heterocycles. The molecule has 0 spiro atoms.